The van der Waals surface area contributed by atoms with E-state index in [0.717, 1.165) is 23.9 Å². The van der Waals surface area contributed by atoms with E-state index in [9.17, 15) is 8.78 Å². The van der Waals surface area contributed by atoms with Crippen molar-refractivity contribution in [2.45, 2.75) is 39.3 Å². The summed E-state index contributed by atoms with van der Waals surface area (Å²) in [6, 6.07) is 5.27. The summed E-state index contributed by atoms with van der Waals surface area (Å²) in [6.07, 6.45) is 1.15. The highest BCUT2D eigenvalue weighted by molar-refractivity contribution is 5.23. The molecular formula is C15H20F2N4. The summed E-state index contributed by atoms with van der Waals surface area (Å²) in [6.45, 7) is 4.72. The number of hydrogen-bond donors (Lipinski definition) is 2. The highest BCUT2D eigenvalue weighted by atomic mass is 19.1. The van der Waals surface area contributed by atoms with Gasteiger partial charge in [0.1, 0.15) is 11.6 Å². The summed E-state index contributed by atoms with van der Waals surface area (Å²) in [5.41, 5.74) is 4.99. The second kappa shape index (κ2) is 6.78. The Hall–Kier alpha value is -1.79. The number of hydrogen-bond acceptors (Lipinski definition) is 3. The van der Waals surface area contributed by atoms with Crippen LogP contribution in [0, 0.1) is 11.6 Å². The number of benzene rings is 1. The number of hydrazine groups is 1. The first-order valence-electron chi connectivity index (χ1n) is 7.05. The standard InChI is InChI=1S/C15H20F2N4/c1-3-12-9-15(21(4-2)20-12)14(19-18)7-10-5-6-11(16)8-13(10)17/h5-6,8-9,14,19H,3-4,7,18H2,1-2H3. The Morgan fingerprint density at radius 3 is 2.62 bits per heavy atom. The van der Waals surface area contributed by atoms with E-state index in [1.54, 1.807) is 0 Å². The highest BCUT2D eigenvalue weighted by Crippen LogP contribution is 2.21. The van der Waals surface area contributed by atoms with Gasteiger partial charge >= 0.3 is 0 Å². The Kier molecular flexibility index (Phi) is 5.03. The molecule has 1 heterocycles. The minimum absolute atomic E-state index is 0.280. The van der Waals surface area contributed by atoms with Crippen LogP contribution in [-0.4, -0.2) is 9.78 Å². The third-order valence-electron chi connectivity index (χ3n) is 3.52. The molecule has 2 rings (SSSR count). The van der Waals surface area contributed by atoms with Crippen molar-refractivity contribution in [3.05, 3.63) is 52.9 Å². The maximum atomic E-state index is 13.8. The van der Waals surface area contributed by atoms with Gasteiger partial charge in [0, 0.05) is 12.6 Å². The zero-order valence-corrected chi connectivity index (χ0v) is 12.2. The molecule has 0 saturated carbocycles. The maximum Gasteiger partial charge on any atom is 0.129 e. The van der Waals surface area contributed by atoms with Crippen molar-refractivity contribution in [3.8, 4) is 0 Å². The summed E-state index contributed by atoms with van der Waals surface area (Å²) in [5.74, 6) is 4.47. The van der Waals surface area contributed by atoms with Gasteiger partial charge in [0.15, 0.2) is 0 Å². The Morgan fingerprint density at radius 2 is 2.05 bits per heavy atom. The predicted molar refractivity (Wildman–Crippen MR) is 77.4 cm³/mol. The molecule has 0 bridgehead atoms. The molecule has 3 N–H and O–H groups in total. The van der Waals surface area contributed by atoms with Gasteiger partial charge < -0.3 is 0 Å². The van der Waals surface area contributed by atoms with E-state index in [0.29, 0.717) is 18.5 Å². The average Bonchev–Trinajstić information content (AvgIpc) is 2.90. The summed E-state index contributed by atoms with van der Waals surface area (Å²) in [5, 5.41) is 4.46. The van der Waals surface area contributed by atoms with E-state index in [1.807, 2.05) is 24.6 Å². The van der Waals surface area contributed by atoms with Crippen LogP contribution in [0.3, 0.4) is 0 Å². The van der Waals surface area contributed by atoms with Crippen molar-refractivity contribution in [1.29, 1.82) is 0 Å². The van der Waals surface area contributed by atoms with Crippen LogP contribution in [0.4, 0.5) is 8.78 Å². The van der Waals surface area contributed by atoms with Gasteiger partial charge in [0.05, 0.1) is 17.4 Å². The second-order valence-corrected chi connectivity index (χ2v) is 4.89. The van der Waals surface area contributed by atoms with Crippen LogP contribution in [-0.2, 0) is 19.4 Å². The van der Waals surface area contributed by atoms with Gasteiger partial charge in [0.25, 0.3) is 0 Å². The second-order valence-electron chi connectivity index (χ2n) is 4.89. The first-order chi connectivity index (χ1) is 10.1. The van der Waals surface area contributed by atoms with E-state index in [4.69, 9.17) is 5.84 Å². The van der Waals surface area contributed by atoms with Crippen LogP contribution in [0.25, 0.3) is 0 Å². The molecule has 1 aromatic heterocycles. The lowest BCUT2D eigenvalue weighted by molar-refractivity contribution is 0.478. The molecule has 4 nitrogen and oxygen atoms in total. The molecule has 0 aliphatic rings. The monoisotopic (exact) mass is 294 g/mol. The first-order valence-corrected chi connectivity index (χ1v) is 7.05. The first kappa shape index (κ1) is 15.6. The van der Waals surface area contributed by atoms with Crippen LogP contribution in [0.2, 0.25) is 0 Å². The van der Waals surface area contributed by atoms with Crippen LogP contribution >= 0.6 is 0 Å². The van der Waals surface area contributed by atoms with Crippen molar-refractivity contribution in [2.75, 3.05) is 0 Å². The van der Waals surface area contributed by atoms with Gasteiger partial charge in [-0.1, -0.05) is 13.0 Å². The molecule has 1 unspecified atom stereocenters. The molecule has 0 amide bonds. The zero-order valence-electron chi connectivity index (χ0n) is 12.2. The molecule has 0 aliphatic carbocycles. The number of nitrogens with one attached hydrogen (secondary N) is 1. The number of nitrogens with two attached hydrogens (primary N) is 1. The molecule has 114 valence electrons. The lowest BCUT2D eigenvalue weighted by Gasteiger charge is -2.17. The van der Waals surface area contributed by atoms with Gasteiger partial charge in [-0.2, -0.15) is 5.10 Å². The van der Waals surface area contributed by atoms with Crippen LogP contribution in [0.5, 0.6) is 0 Å². The molecule has 0 spiro atoms. The third kappa shape index (κ3) is 3.46. The fourth-order valence-corrected chi connectivity index (χ4v) is 2.35. The van der Waals surface area contributed by atoms with Crippen molar-refractivity contribution in [1.82, 2.24) is 15.2 Å². The minimum atomic E-state index is -0.583. The van der Waals surface area contributed by atoms with E-state index in [-0.39, 0.29) is 6.04 Å². The number of aromatic nitrogens is 2. The summed E-state index contributed by atoms with van der Waals surface area (Å²) in [4.78, 5) is 0. The lowest BCUT2D eigenvalue weighted by atomic mass is 10.0. The Bertz CT molecular complexity index is 610. The van der Waals surface area contributed by atoms with Crippen molar-refractivity contribution in [2.24, 2.45) is 5.84 Å². The number of aryl methyl sites for hydroxylation is 2. The van der Waals surface area contributed by atoms with Crippen LogP contribution in [0.15, 0.2) is 24.3 Å². The zero-order chi connectivity index (χ0) is 15.4. The minimum Gasteiger partial charge on any atom is -0.271 e. The van der Waals surface area contributed by atoms with Gasteiger partial charge in [0.2, 0.25) is 0 Å². The maximum absolute atomic E-state index is 13.8. The molecule has 0 aliphatic heterocycles. The largest absolute Gasteiger partial charge is 0.271 e. The highest BCUT2D eigenvalue weighted by Gasteiger charge is 2.18. The van der Waals surface area contributed by atoms with Gasteiger partial charge in [-0.25, -0.2) is 8.78 Å². The summed E-state index contributed by atoms with van der Waals surface area (Å²) < 4.78 is 28.6. The quantitative estimate of drug-likeness (QED) is 0.636. The SMILES string of the molecule is CCc1cc(C(Cc2ccc(F)cc2F)NN)n(CC)n1. The molecule has 21 heavy (non-hydrogen) atoms. The lowest BCUT2D eigenvalue weighted by Crippen LogP contribution is -2.31. The van der Waals surface area contributed by atoms with E-state index >= 15 is 0 Å². The average molecular weight is 294 g/mol. The predicted octanol–water partition coefficient (Wildman–Crippen LogP) is 2.49. The molecule has 6 heteroatoms. The van der Waals surface area contributed by atoms with Crippen molar-refractivity contribution >= 4 is 0 Å². The molecule has 1 atom stereocenters. The van der Waals surface area contributed by atoms with Gasteiger partial charge in [-0.3, -0.25) is 16.0 Å². The molecule has 0 fully saturated rings. The molecular weight excluding hydrogens is 274 g/mol. The van der Waals surface area contributed by atoms with Crippen LogP contribution in [0.1, 0.15) is 36.8 Å². The molecule has 2 aromatic rings. The normalized spacial score (nSPS) is 12.6. The number of nitrogens with zero attached hydrogens (tertiary/aromatic N) is 2. The Balaban J connectivity index is 2.29. The van der Waals surface area contributed by atoms with Crippen LogP contribution < -0.4 is 11.3 Å². The third-order valence-corrected chi connectivity index (χ3v) is 3.52. The smallest absolute Gasteiger partial charge is 0.129 e. The van der Waals surface area contributed by atoms with Crippen molar-refractivity contribution in [3.63, 3.8) is 0 Å². The molecule has 0 saturated heterocycles. The van der Waals surface area contributed by atoms with Crippen molar-refractivity contribution < 1.29 is 8.78 Å². The van der Waals surface area contributed by atoms with Gasteiger partial charge in [-0.15, -0.1) is 0 Å². The Morgan fingerprint density at radius 1 is 1.29 bits per heavy atom. The topological polar surface area (TPSA) is 55.9 Å². The summed E-state index contributed by atoms with van der Waals surface area (Å²) >= 11 is 0. The molecule has 0 radical (unpaired) electrons. The fraction of sp³-hybridized carbons (Fsp3) is 0.400. The number of rotatable bonds is 6. The van der Waals surface area contributed by atoms with E-state index in [1.165, 1.54) is 12.1 Å². The van der Waals surface area contributed by atoms with E-state index < -0.39 is 11.6 Å². The number of halogens is 2. The fourth-order valence-electron chi connectivity index (χ4n) is 2.35. The van der Waals surface area contributed by atoms with E-state index in [2.05, 4.69) is 10.5 Å². The Labute approximate surface area is 122 Å². The molecule has 1 aromatic carbocycles. The van der Waals surface area contributed by atoms with Gasteiger partial charge in [-0.05, 0) is 37.5 Å². The summed E-state index contributed by atoms with van der Waals surface area (Å²) in [7, 11) is 0.